The van der Waals surface area contributed by atoms with Crippen molar-refractivity contribution in [2.24, 2.45) is 10.9 Å². The first-order valence-electron chi connectivity index (χ1n) is 9.60. The Kier molecular flexibility index (Phi) is 12.7. The molecule has 6 heteroatoms. The van der Waals surface area contributed by atoms with E-state index in [2.05, 4.69) is 50.9 Å². The zero-order valence-corrected chi connectivity index (χ0v) is 18.6. The van der Waals surface area contributed by atoms with Gasteiger partial charge in [0.25, 0.3) is 0 Å². The molecule has 0 spiro atoms. The minimum absolute atomic E-state index is 0. The summed E-state index contributed by atoms with van der Waals surface area (Å²) in [5.74, 6) is 1.61. The lowest BCUT2D eigenvalue weighted by atomic mass is 10.1. The Morgan fingerprint density at radius 3 is 2.81 bits per heavy atom. The van der Waals surface area contributed by atoms with Gasteiger partial charge in [-0.05, 0) is 44.2 Å². The van der Waals surface area contributed by atoms with Crippen LogP contribution in [-0.4, -0.2) is 63.8 Å². The molecule has 2 N–H and O–H groups in total. The summed E-state index contributed by atoms with van der Waals surface area (Å²) in [6.45, 7) is 9.06. The molecular formula is C20H35IN4O. The number of hydrogen-bond donors (Lipinski definition) is 2. The molecule has 1 fully saturated rings. The second kappa shape index (κ2) is 14.2. The van der Waals surface area contributed by atoms with Gasteiger partial charge < -0.3 is 20.3 Å². The summed E-state index contributed by atoms with van der Waals surface area (Å²) >= 11 is 0. The monoisotopic (exact) mass is 474 g/mol. The summed E-state index contributed by atoms with van der Waals surface area (Å²) in [5, 5.41) is 6.82. The number of halogens is 1. The zero-order valence-electron chi connectivity index (χ0n) is 16.2. The van der Waals surface area contributed by atoms with E-state index in [1.165, 1.54) is 25.1 Å². The third-order valence-corrected chi connectivity index (χ3v) is 4.67. The Bertz CT molecular complexity index is 498. The van der Waals surface area contributed by atoms with Gasteiger partial charge in [-0.2, -0.15) is 0 Å². The molecule has 2 rings (SSSR count). The molecule has 1 aromatic carbocycles. The van der Waals surface area contributed by atoms with Crippen LogP contribution in [0.1, 0.15) is 25.3 Å². The summed E-state index contributed by atoms with van der Waals surface area (Å²) in [4.78, 5) is 6.88. The van der Waals surface area contributed by atoms with Crippen LogP contribution in [0.3, 0.4) is 0 Å². The molecule has 1 atom stereocenters. The van der Waals surface area contributed by atoms with Crippen LogP contribution in [0, 0.1) is 5.92 Å². The molecule has 148 valence electrons. The molecule has 1 aliphatic rings. The summed E-state index contributed by atoms with van der Waals surface area (Å²) in [5.41, 5.74) is 1.43. The molecule has 0 aromatic heterocycles. The average Bonchev–Trinajstić information content (AvgIpc) is 3.11. The van der Waals surface area contributed by atoms with E-state index in [1.807, 2.05) is 14.0 Å². The summed E-state index contributed by atoms with van der Waals surface area (Å²) in [6, 6.07) is 10.8. The van der Waals surface area contributed by atoms with E-state index in [4.69, 9.17) is 4.74 Å². The minimum atomic E-state index is 0. The van der Waals surface area contributed by atoms with Gasteiger partial charge in [0.05, 0.1) is 0 Å². The molecule has 1 saturated heterocycles. The Morgan fingerprint density at radius 1 is 1.27 bits per heavy atom. The average molecular weight is 474 g/mol. The SMILES string of the molecule is CCOCCCNC(=NC)NCC1CCN(CCc2ccccc2)C1.I. The number of nitrogens with zero attached hydrogens (tertiary/aromatic N) is 2. The van der Waals surface area contributed by atoms with E-state index in [-0.39, 0.29) is 24.0 Å². The summed E-state index contributed by atoms with van der Waals surface area (Å²) in [7, 11) is 1.83. The lowest BCUT2D eigenvalue weighted by Crippen LogP contribution is -2.40. The molecule has 0 radical (unpaired) electrons. The number of hydrogen-bond acceptors (Lipinski definition) is 3. The highest BCUT2D eigenvalue weighted by Crippen LogP contribution is 2.15. The Balaban J connectivity index is 0.00000338. The van der Waals surface area contributed by atoms with Gasteiger partial charge in [0, 0.05) is 46.4 Å². The first-order chi connectivity index (χ1) is 12.3. The van der Waals surface area contributed by atoms with Crippen LogP contribution in [0.15, 0.2) is 35.3 Å². The van der Waals surface area contributed by atoms with Gasteiger partial charge >= 0.3 is 0 Å². The number of nitrogens with one attached hydrogen (secondary N) is 2. The molecule has 5 nitrogen and oxygen atoms in total. The van der Waals surface area contributed by atoms with Crippen molar-refractivity contribution < 1.29 is 4.74 Å². The molecule has 1 aromatic rings. The van der Waals surface area contributed by atoms with Gasteiger partial charge in [-0.3, -0.25) is 4.99 Å². The highest BCUT2D eigenvalue weighted by Gasteiger charge is 2.22. The third kappa shape index (κ3) is 9.19. The van der Waals surface area contributed by atoms with Crippen molar-refractivity contribution in [1.82, 2.24) is 15.5 Å². The fourth-order valence-corrected chi connectivity index (χ4v) is 3.20. The fourth-order valence-electron chi connectivity index (χ4n) is 3.20. The second-order valence-corrected chi connectivity index (χ2v) is 6.62. The number of likely N-dealkylation sites (tertiary alicyclic amines) is 1. The highest BCUT2D eigenvalue weighted by molar-refractivity contribution is 14.0. The lowest BCUT2D eigenvalue weighted by molar-refractivity contribution is 0.145. The lowest BCUT2D eigenvalue weighted by Gasteiger charge is -2.17. The first-order valence-corrected chi connectivity index (χ1v) is 9.60. The number of ether oxygens (including phenoxy) is 1. The number of benzene rings is 1. The van der Waals surface area contributed by atoms with Crippen molar-refractivity contribution in [3.05, 3.63) is 35.9 Å². The summed E-state index contributed by atoms with van der Waals surface area (Å²) in [6.07, 6.45) is 3.42. The van der Waals surface area contributed by atoms with Crippen molar-refractivity contribution in [3.8, 4) is 0 Å². The largest absolute Gasteiger partial charge is 0.382 e. The fraction of sp³-hybridized carbons (Fsp3) is 0.650. The maximum atomic E-state index is 5.35. The Hall–Kier alpha value is -0.860. The van der Waals surface area contributed by atoms with Gasteiger partial charge in [0.1, 0.15) is 0 Å². The first kappa shape index (κ1) is 23.2. The molecule has 26 heavy (non-hydrogen) atoms. The van der Waals surface area contributed by atoms with Crippen LogP contribution in [0.25, 0.3) is 0 Å². The molecule has 0 amide bonds. The number of aliphatic imine (C=N–C) groups is 1. The van der Waals surface area contributed by atoms with Gasteiger partial charge in [0.15, 0.2) is 5.96 Å². The van der Waals surface area contributed by atoms with E-state index < -0.39 is 0 Å². The van der Waals surface area contributed by atoms with E-state index in [9.17, 15) is 0 Å². The second-order valence-electron chi connectivity index (χ2n) is 6.62. The van der Waals surface area contributed by atoms with Crippen LogP contribution in [0.5, 0.6) is 0 Å². The molecule has 1 heterocycles. The van der Waals surface area contributed by atoms with Crippen LogP contribution >= 0.6 is 24.0 Å². The van der Waals surface area contributed by atoms with E-state index >= 15 is 0 Å². The van der Waals surface area contributed by atoms with Crippen LogP contribution in [0.4, 0.5) is 0 Å². The topological polar surface area (TPSA) is 48.9 Å². The quantitative estimate of drug-likeness (QED) is 0.237. The molecule has 1 unspecified atom stereocenters. The smallest absolute Gasteiger partial charge is 0.190 e. The van der Waals surface area contributed by atoms with Crippen molar-refractivity contribution in [2.75, 3.05) is 53.0 Å². The molecule has 1 aliphatic heterocycles. The van der Waals surface area contributed by atoms with Crippen LogP contribution in [-0.2, 0) is 11.2 Å². The maximum Gasteiger partial charge on any atom is 0.190 e. The molecule has 0 bridgehead atoms. The predicted molar refractivity (Wildman–Crippen MR) is 121 cm³/mol. The third-order valence-electron chi connectivity index (χ3n) is 4.67. The molecule has 0 aliphatic carbocycles. The van der Waals surface area contributed by atoms with Crippen molar-refractivity contribution in [2.45, 2.75) is 26.2 Å². The van der Waals surface area contributed by atoms with Crippen molar-refractivity contribution in [1.29, 1.82) is 0 Å². The standard InChI is InChI=1S/C20H34N4O.HI/c1-3-25-15-7-12-22-20(21-2)23-16-19-11-14-24(17-19)13-10-18-8-5-4-6-9-18;/h4-6,8-9,19H,3,7,10-17H2,1-2H3,(H2,21,22,23);1H. The van der Waals surface area contributed by atoms with Crippen LogP contribution in [0.2, 0.25) is 0 Å². The van der Waals surface area contributed by atoms with Crippen molar-refractivity contribution >= 4 is 29.9 Å². The van der Waals surface area contributed by atoms with Gasteiger partial charge in [-0.1, -0.05) is 30.3 Å². The zero-order chi connectivity index (χ0) is 17.7. The van der Waals surface area contributed by atoms with E-state index in [0.29, 0.717) is 5.92 Å². The van der Waals surface area contributed by atoms with Crippen molar-refractivity contribution in [3.63, 3.8) is 0 Å². The van der Waals surface area contributed by atoms with E-state index in [1.54, 1.807) is 0 Å². The van der Waals surface area contributed by atoms with Gasteiger partial charge in [-0.15, -0.1) is 24.0 Å². The number of guanidine groups is 1. The molecular weight excluding hydrogens is 439 g/mol. The van der Waals surface area contributed by atoms with Crippen LogP contribution < -0.4 is 10.6 Å². The normalized spacial score (nSPS) is 17.8. The highest BCUT2D eigenvalue weighted by atomic mass is 127. The predicted octanol–water partition coefficient (Wildman–Crippen LogP) is 2.76. The summed E-state index contributed by atoms with van der Waals surface area (Å²) < 4.78 is 5.35. The Morgan fingerprint density at radius 2 is 2.08 bits per heavy atom. The van der Waals surface area contributed by atoms with E-state index in [0.717, 1.165) is 51.6 Å². The number of rotatable bonds is 10. The molecule has 0 saturated carbocycles. The van der Waals surface area contributed by atoms with Gasteiger partial charge in [-0.25, -0.2) is 0 Å². The maximum absolute atomic E-state index is 5.35. The minimum Gasteiger partial charge on any atom is -0.382 e. The Labute approximate surface area is 176 Å². The van der Waals surface area contributed by atoms with Gasteiger partial charge in [0.2, 0.25) is 0 Å².